The fourth-order valence-corrected chi connectivity index (χ4v) is 4.90. The molecule has 1 N–H and O–H groups in total. The van der Waals surface area contributed by atoms with Crippen molar-refractivity contribution >= 4 is 84.0 Å². The lowest BCUT2D eigenvalue weighted by atomic mass is 10.1. The Bertz CT molecular complexity index is 1330. The summed E-state index contributed by atoms with van der Waals surface area (Å²) >= 11 is 13.5. The van der Waals surface area contributed by atoms with E-state index in [4.69, 9.17) is 16.3 Å². The molecule has 0 spiro atoms. The Labute approximate surface area is 227 Å². The molecule has 3 aromatic rings. The van der Waals surface area contributed by atoms with Gasteiger partial charge in [-0.3, -0.25) is 19.3 Å². The first-order chi connectivity index (χ1) is 16.8. The standard InChI is InChI=1S/C25H17Br2ClN2O4S/c26-17-7-10-21(34-14-15-5-8-18(28)9-6-15)16(11-17)12-22-24(32)30(25(33)35-22)13-23(31)29-20-4-2-1-3-19(20)27/h1-12H,13-14H2,(H,29,31)/b22-12+. The molecule has 35 heavy (non-hydrogen) atoms. The van der Waals surface area contributed by atoms with Gasteiger partial charge in [0.05, 0.1) is 10.6 Å². The Morgan fingerprint density at radius 1 is 1.06 bits per heavy atom. The van der Waals surface area contributed by atoms with E-state index >= 15 is 0 Å². The quantitative estimate of drug-likeness (QED) is 0.280. The van der Waals surface area contributed by atoms with Gasteiger partial charge in [-0.25, -0.2) is 0 Å². The van der Waals surface area contributed by atoms with Gasteiger partial charge < -0.3 is 10.1 Å². The molecule has 0 aromatic heterocycles. The Hall–Kier alpha value is -2.59. The molecule has 1 heterocycles. The number of nitrogens with one attached hydrogen (secondary N) is 1. The maximum absolute atomic E-state index is 12.9. The number of halogens is 3. The number of imide groups is 1. The molecule has 1 saturated heterocycles. The molecule has 0 atom stereocenters. The second-order valence-corrected chi connectivity index (χ2v) is 10.6. The van der Waals surface area contributed by atoms with Gasteiger partial charge in [0.15, 0.2) is 0 Å². The summed E-state index contributed by atoms with van der Waals surface area (Å²) in [6.07, 6.45) is 1.60. The molecule has 178 valence electrons. The summed E-state index contributed by atoms with van der Waals surface area (Å²) in [5, 5.41) is 2.83. The molecule has 0 saturated carbocycles. The number of hydrogen-bond donors (Lipinski definition) is 1. The van der Waals surface area contributed by atoms with Crippen LogP contribution in [0.15, 0.2) is 80.6 Å². The topological polar surface area (TPSA) is 75.7 Å². The molecule has 6 nitrogen and oxygen atoms in total. The molecule has 3 aromatic carbocycles. The Kier molecular flexibility index (Phi) is 8.33. The second kappa shape index (κ2) is 11.4. The molecule has 0 unspecified atom stereocenters. The van der Waals surface area contributed by atoms with E-state index in [0.717, 1.165) is 26.7 Å². The number of amides is 3. The van der Waals surface area contributed by atoms with E-state index in [0.29, 0.717) is 33.1 Å². The number of anilines is 1. The predicted molar refractivity (Wildman–Crippen MR) is 145 cm³/mol. The lowest BCUT2D eigenvalue weighted by molar-refractivity contribution is -0.127. The smallest absolute Gasteiger partial charge is 0.294 e. The van der Waals surface area contributed by atoms with Gasteiger partial charge in [-0.05, 0) is 81.8 Å². The van der Waals surface area contributed by atoms with Gasteiger partial charge in [-0.2, -0.15) is 0 Å². The third-order valence-corrected chi connectivity index (χ3v) is 7.23. The molecule has 4 rings (SSSR count). The van der Waals surface area contributed by atoms with Crippen molar-refractivity contribution in [3.05, 3.63) is 96.7 Å². The van der Waals surface area contributed by atoms with Gasteiger partial charge in [0.2, 0.25) is 5.91 Å². The number of rotatable bonds is 7. The number of carbonyl (C=O) groups excluding carboxylic acids is 3. The number of carbonyl (C=O) groups is 3. The molecule has 0 aliphatic carbocycles. The average Bonchev–Trinajstić information content (AvgIpc) is 3.08. The van der Waals surface area contributed by atoms with Crippen molar-refractivity contribution in [3.63, 3.8) is 0 Å². The van der Waals surface area contributed by atoms with Crippen LogP contribution in [-0.2, 0) is 16.2 Å². The predicted octanol–water partition coefficient (Wildman–Crippen LogP) is 7.12. The Balaban J connectivity index is 1.48. The monoisotopic (exact) mass is 634 g/mol. The van der Waals surface area contributed by atoms with Gasteiger partial charge in [0.1, 0.15) is 18.9 Å². The van der Waals surface area contributed by atoms with Gasteiger partial charge in [0.25, 0.3) is 11.1 Å². The van der Waals surface area contributed by atoms with Crippen LogP contribution in [0.3, 0.4) is 0 Å². The third-order valence-electron chi connectivity index (χ3n) is 4.89. The molecule has 3 amide bonds. The number of hydrogen-bond acceptors (Lipinski definition) is 5. The van der Waals surface area contributed by atoms with Crippen molar-refractivity contribution in [1.82, 2.24) is 4.90 Å². The highest BCUT2D eigenvalue weighted by molar-refractivity contribution is 9.10. The summed E-state index contributed by atoms with van der Waals surface area (Å²) in [4.78, 5) is 39.1. The number of ether oxygens (including phenoxy) is 1. The molecule has 0 bridgehead atoms. The van der Waals surface area contributed by atoms with Gasteiger partial charge in [-0.15, -0.1) is 0 Å². The van der Waals surface area contributed by atoms with Gasteiger partial charge >= 0.3 is 0 Å². The summed E-state index contributed by atoms with van der Waals surface area (Å²) in [6, 6.07) is 19.8. The number of nitrogens with zero attached hydrogens (tertiary/aromatic N) is 1. The maximum atomic E-state index is 12.9. The summed E-state index contributed by atoms with van der Waals surface area (Å²) < 4.78 is 7.45. The van der Waals surface area contributed by atoms with E-state index in [1.54, 1.807) is 48.5 Å². The summed E-state index contributed by atoms with van der Waals surface area (Å²) in [6.45, 7) is -0.0852. The molecular formula is C25H17Br2ClN2O4S. The minimum absolute atomic E-state index is 0.207. The fraction of sp³-hybridized carbons (Fsp3) is 0.0800. The van der Waals surface area contributed by atoms with Crippen LogP contribution in [0.25, 0.3) is 6.08 Å². The van der Waals surface area contributed by atoms with Crippen molar-refractivity contribution in [2.75, 3.05) is 11.9 Å². The molecule has 10 heteroatoms. The van der Waals surface area contributed by atoms with Crippen LogP contribution in [0.5, 0.6) is 5.75 Å². The van der Waals surface area contributed by atoms with Gasteiger partial charge in [-0.1, -0.05) is 51.8 Å². The van der Waals surface area contributed by atoms with Crippen molar-refractivity contribution in [1.29, 1.82) is 0 Å². The summed E-state index contributed by atoms with van der Waals surface area (Å²) in [7, 11) is 0. The lowest BCUT2D eigenvalue weighted by Crippen LogP contribution is -2.36. The van der Waals surface area contributed by atoms with Crippen molar-refractivity contribution in [3.8, 4) is 5.75 Å². The van der Waals surface area contributed by atoms with Crippen LogP contribution in [0.4, 0.5) is 10.5 Å². The van der Waals surface area contributed by atoms with E-state index in [-0.39, 0.29) is 11.4 Å². The fourth-order valence-electron chi connectivity index (χ4n) is 3.18. The lowest BCUT2D eigenvalue weighted by Gasteiger charge is -2.13. The number of thioether (sulfide) groups is 1. The number of benzene rings is 3. The number of para-hydroxylation sites is 1. The molecule has 1 fully saturated rings. The highest BCUT2D eigenvalue weighted by Crippen LogP contribution is 2.35. The Morgan fingerprint density at radius 2 is 1.80 bits per heavy atom. The zero-order valence-corrected chi connectivity index (χ0v) is 22.7. The minimum atomic E-state index is -0.536. The van der Waals surface area contributed by atoms with E-state index in [1.807, 2.05) is 24.3 Å². The maximum Gasteiger partial charge on any atom is 0.294 e. The van der Waals surface area contributed by atoms with Crippen LogP contribution in [0.2, 0.25) is 5.02 Å². The molecular weight excluding hydrogens is 620 g/mol. The molecule has 1 aliphatic heterocycles. The van der Waals surface area contributed by atoms with E-state index in [1.165, 1.54) is 0 Å². The van der Waals surface area contributed by atoms with Crippen LogP contribution >= 0.6 is 55.2 Å². The van der Waals surface area contributed by atoms with E-state index in [2.05, 4.69) is 37.2 Å². The highest BCUT2D eigenvalue weighted by Gasteiger charge is 2.36. The largest absolute Gasteiger partial charge is 0.488 e. The third kappa shape index (κ3) is 6.55. The van der Waals surface area contributed by atoms with Crippen molar-refractivity contribution in [2.45, 2.75) is 6.61 Å². The second-order valence-electron chi connectivity index (χ2n) is 7.39. The summed E-state index contributed by atoms with van der Waals surface area (Å²) in [5.41, 5.74) is 2.10. The van der Waals surface area contributed by atoms with Crippen LogP contribution in [0, 0.1) is 0 Å². The van der Waals surface area contributed by atoms with Gasteiger partial charge in [0, 0.05) is 19.5 Å². The molecule has 1 aliphatic rings. The highest BCUT2D eigenvalue weighted by atomic mass is 79.9. The van der Waals surface area contributed by atoms with Crippen LogP contribution < -0.4 is 10.1 Å². The normalized spacial score (nSPS) is 14.5. The zero-order valence-electron chi connectivity index (χ0n) is 18.0. The average molecular weight is 637 g/mol. The van der Waals surface area contributed by atoms with Crippen molar-refractivity contribution < 1.29 is 19.1 Å². The first kappa shape index (κ1) is 25.5. The van der Waals surface area contributed by atoms with E-state index in [9.17, 15) is 14.4 Å². The van der Waals surface area contributed by atoms with Crippen LogP contribution in [0.1, 0.15) is 11.1 Å². The SMILES string of the molecule is O=C(CN1C(=O)S/C(=C/c2cc(Br)ccc2OCc2ccc(Cl)cc2)C1=O)Nc1ccccc1Br. The first-order valence-corrected chi connectivity index (χ1v) is 13.0. The van der Waals surface area contributed by atoms with Crippen molar-refractivity contribution in [2.24, 2.45) is 0 Å². The van der Waals surface area contributed by atoms with E-state index < -0.39 is 17.1 Å². The minimum Gasteiger partial charge on any atom is -0.488 e. The van der Waals surface area contributed by atoms with Crippen LogP contribution in [-0.4, -0.2) is 28.5 Å². The zero-order chi connectivity index (χ0) is 24.9. The molecule has 0 radical (unpaired) electrons. The summed E-state index contributed by atoms with van der Waals surface area (Å²) in [5.74, 6) is -0.470. The Morgan fingerprint density at radius 3 is 2.54 bits per heavy atom. The first-order valence-electron chi connectivity index (χ1n) is 10.3.